The Morgan fingerprint density at radius 3 is 3.00 bits per heavy atom. The van der Waals surface area contributed by atoms with Crippen molar-refractivity contribution in [3.63, 3.8) is 0 Å². The second-order valence-electron chi connectivity index (χ2n) is 4.97. The number of thioether (sulfide) groups is 1. The number of anilines is 1. The molecule has 2 N–H and O–H groups in total. The highest BCUT2D eigenvalue weighted by Gasteiger charge is 2.18. The van der Waals surface area contributed by atoms with Crippen molar-refractivity contribution in [1.82, 2.24) is 5.32 Å². The lowest BCUT2D eigenvalue weighted by Crippen LogP contribution is -2.38. The molecule has 0 saturated carbocycles. The van der Waals surface area contributed by atoms with Gasteiger partial charge in [-0.1, -0.05) is 11.6 Å². The summed E-state index contributed by atoms with van der Waals surface area (Å²) in [6.45, 7) is 4.88. The molecule has 4 heteroatoms. The summed E-state index contributed by atoms with van der Waals surface area (Å²) in [6.07, 6.45) is 2.30. The lowest BCUT2D eigenvalue weighted by atomic mass is 10.1. The van der Waals surface area contributed by atoms with Crippen LogP contribution in [0.25, 0.3) is 0 Å². The molecular weight excluding hydrogens is 256 g/mol. The van der Waals surface area contributed by atoms with Crippen LogP contribution in [0.1, 0.15) is 35.7 Å². The predicted molar refractivity (Wildman–Crippen MR) is 83.2 cm³/mol. The lowest BCUT2D eigenvalue weighted by molar-refractivity contribution is 0.0939. The van der Waals surface area contributed by atoms with E-state index in [0.717, 1.165) is 35.5 Å². The third-order valence-corrected chi connectivity index (χ3v) is 4.50. The predicted octanol–water partition coefficient (Wildman–Crippen LogP) is 3.05. The molecule has 1 heterocycles. The van der Waals surface area contributed by atoms with Crippen molar-refractivity contribution in [2.24, 2.45) is 0 Å². The maximum atomic E-state index is 12.4. The van der Waals surface area contributed by atoms with Crippen molar-refractivity contribution in [1.29, 1.82) is 0 Å². The zero-order valence-corrected chi connectivity index (χ0v) is 12.5. The number of carbonyl (C=O) groups is 1. The molecule has 1 fully saturated rings. The highest BCUT2D eigenvalue weighted by atomic mass is 32.2. The molecule has 1 aromatic rings. The van der Waals surface area contributed by atoms with E-state index in [-0.39, 0.29) is 5.91 Å². The van der Waals surface area contributed by atoms with Crippen molar-refractivity contribution in [2.75, 3.05) is 23.4 Å². The second kappa shape index (κ2) is 6.85. The van der Waals surface area contributed by atoms with E-state index in [0.29, 0.717) is 6.04 Å². The van der Waals surface area contributed by atoms with Gasteiger partial charge in [0, 0.05) is 24.0 Å². The van der Waals surface area contributed by atoms with E-state index in [1.807, 2.05) is 43.8 Å². The zero-order chi connectivity index (χ0) is 13.7. The summed E-state index contributed by atoms with van der Waals surface area (Å²) in [6, 6.07) is 6.30. The topological polar surface area (TPSA) is 41.1 Å². The molecule has 19 heavy (non-hydrogen) atoms. The Kier molecular flexibility index (Phi) is 5.14. The van der Waals surface area contributed by atoms with Gasteiger partial charge >= 0.3 is 0 Å². The van der Waals surface area contributed by atoms with Crippen LogP contribution in [0, 0.1) is 6.92 Å². The Balaban J connectivity index is 2.10. The van der Waals surface area contributed by atoms with Crippen molar-refractivity contribution in [3.05, 3.63) is 29.3 Å². The van der Waals surface area contributed by atoms with Crippen LogP contribution in [-0.4, -0.2) is 30.0 Å². The first-order valence-electron chi connectivity index (χ1n) is 6.94. The first-order valence-corrected chi connectivity index (χ1v) is 8.09. The van der Waals surface area contributed by atoms with Crippen LogP contribution >= 0.6 is 11.8 Å². The molecule has 0 aromatic heterocycles. The number of rotatable bonds is 4. The Morgan fingerprint density at radius 2 is 2.32 bits per heavy atom. The largest absolute Gasteiger partial charge is 0.385 e. The van der Waals surface area contributed by atoms with E-state index in [9.17, 15) is 4.79 Å². The van der Waals surface area contributed by atoms with Crippen molar-refractivity contribution in [2.45, 2.75) is 32.7 Å². The maximum Gasteiger partial charge on any atom is 0.253 e. The minimum Gasteiger partial charge on any atom is -0.385 e. The number of amides is 1. The summed E-state index contributed by atoms with van der Waals surface area (Å²) in [5.74, 6) is 2.31. The van der Waals surface area contributed by atoms with Gasteiger partial charge in [-0.2, -0.15) is 11.8 Å². The Morgan fingerprint density at radius 1 is 1.47 bits per heavy atom. The number of hydrogen-bond acceptors (Lipinski definition) is 3. The summed E-state index contributed by atoms with van der Waals surface area (Å²) < 4.78 is 0. The van der Waals surface area contributed by atoms with E-state index in [4.69, 9.17) is 0 Å². The molecule has 1 atom stereocenters. The smallest absolute Gasteiger partial charge is 0.253 e. The number of nitrogens with one attached hydrogen (secondary N) is 2. The molecule has 1 aliphatic rings. The van der Waals surface area contributed by atoms with Gasteiger partial charge in [-0.15, -0.1) is 0 Å². The first kappa shape index (κ1) is 14.3. The standard InChI is InChI=1S/C15H22N2OS/c1-3-16-14-7-6-11(2)9-13(14)15(18)17-12-5-4-8-19-10-12/h6-7,9,12,16H,3-5,8,10H2,1-2H3,(H,17,18). The van der Waals surface area contributed by atoms with Gasteiger partial charge in [0.1, 0.15) is 0 Å². The summed E-state index contributed by atoms with van der Waals surface area (Å²) in [5, 5.41) is 6.42. The summed E-state index contributed by atoms with van der Waals surface area (Å²) in [5.41, 5.74) is 2.80. The molecule has 0 spiro atoms. The van der Waals surface area contributed by atoms with Crippen LogP contribution in [0.2, 0.25) is 0 Å². The van der Waals surface area contributed by atoms with Gasteiger partial charge in [-0.3, -0.25) is 4.79 Å². The van der Waals surface area contributed by atoms with Crippen LogP contribution in [0.4, 0.5) is 5.69 Å². The number of carbonyl (C=O) groups excluding carboxylic acids is 1. The van der Waals surface area contributed by atoms with Crippen molar-refractivity contribution >= 4 is 23.4 Å². The Bertz CT molecular complexity index is 442. The summed E-state index contributed by atoms with van der Waals surface area (Å²) >= 11 is 1.93. The van der Waals surface area contributed by atoms with Gasteiger partial charge in [0.05, 0.1) is 5.56 Å². The van der Waals surface area contributed by atoms with Crippen LogP contribution in [-0.2, 0) is 0 Å². The zero-order valence-electron chi connectivity index (χ0n) is 11.7. The second-order valence-corrected chi connectivity index (χ2v) is 6.12. The van der Waals surface area contributed by atoms with Gasteiger partial charge in [-0.05, 0) is 44.6 Å². The fraction of sp³-hybridized carbons (Fsp3) is 0.533. The van der Waals surface area contributed by atoms with Crippen LogP contribution < -0.4 is 10.6 Å². The summed E-state index contributed by atoms with van der Waals surface area (Å²) in [4.78, 5) is 12.4. The van der Waals surface area contributed by atoms with E-state index in [2.05, 4.69) is 10.6 Å². The third-order valence-electron chi connectivity index (χ3n) is 3.28. The first-order chi connectivity index (χ1) is 9.20. The lowest BCUT2D eigenvalue weighted by Gasteiger charge is -2.23. The van der Waals surface area contributed by atoms with Crippen LogP contribution in [0.5, 0.6) is 0 Å². The monoisotopic (exact) mass is 278 g/mol. The number of aryl methyl sites for hydroxylation is 1. The molecule has 0 radical (unpaired) electrons. The molecule has 1 saturated heterocycles. The fourth-order valence-electron chi connectivity index (χ4n) is 2.31. The van der Waals surface area contributed by atoms with Crippen LogP contribution in [0.3, 0.4) is 0 Å². The van der Waals surface area contributed by atoms with Gasteiger partial charge in [0.2, 0.25) is 0 Å². The molecular formula is C15H22N2OS. The molecule has 1 aliphatic heterocycles. The molecule has 0 aliphatic carbocycles. The fourth-order valence-corrected chi connectivity index (χ4v) is 3.38. The highest BCUT2D eigenvalue weighted by molar-refractivity contribution is 7.99. The summed E-state index contributed by atoms with van der Waals surface area (Å²) in [7, 11) is 0. The van der Waals surface area contributed by atoms with Crippen molar-refractivity contribution in [3.8, 4) is 0 Å². The molecule has 3 nitrogen and oxygen atoms in total. The van der Waals surface area contributed by atoms with E-state index in [1.54, 1.807) is 0 Å². The highest BCUT2D eigenvalue weighted by Crippen LogP contribution is 2.20. The Hall–Kier alpha value is -1.16. The van der Waals surface area contributed by atoms with Crippen molar-refractivity contribution < 1.29 is 4.79 Å². The van der Waals surface area contributed by atoms with Gasteiger partial charge in [-0.25, -0.2) is 0 Å². The van der Waals surface area contributed by atoms with Gasteiger partial charge < -0.3 is 10.6 Å². The van der Waals surface area contributed by atoms with Gasteiger partial charge in [0.25, 0.3) is 5.91 Å². The van der Waals surface area contributed by atoms with E-state index >= 15 is 0 Å². The van der Waals surface area contributed by atoms with Gasteiger partial charge in [0.15, 0.2) is 0 Å². The Labute approximate surface area is 119 Å². The third kappa shape index (κ3) is 3.90. The van der Waals surface area contributed by atoms with Crippen LogP contribution in [0.15, 0.2) is 18.2 Å². The molecule has 1 amide bonds. The molecule has 1 unspecified atom stereocenters. The van der Waals surface area contributed by atoms with E-state index < -0.39 is 0 Å². The quantitative estimate of drug-likeness (QED) is 0.889. The average molecular weight is 278 g/mol. The molecule has 0 bridgehead atoms. The minimum atomic E-state index is 0.0483. The SMILES string of the molecule is CCNc1ccc(C)cc1C(=O)NC1CCCSC1. The maximum absolute atomic E-state index is 12.4. The normalized spacial score (nSPS) is 18.9. The molecule has 1 aromatic carbocycles. The minimum absolute atomic E-state index is 0.0483. The molecule has 104 valence electrons. The van der Waals surface area contributed by atoms with E-state index in [1.165, 1.54) is 12.2 Å². The number of benzene rings is 1. The molecule has 2 rings (SSSR count). The average Bonchev–Trinajstić information content (AvgIpc) is 2.42. The number of hydrogen-bond donors (Lipinski definition) is 2.